The van der Waals surface area contributed by atoms with Gasteiger partial charge in [-0.05, 0) is 19.9 Å². The van der Waals surface area contributed by atoms with Crippen molar-refractivity contribution in [2.75, 3.05) is 6.54 Å². The summed E-state index contributed by atoms with van der Waals surface area (Å²) in [5.74, 6) is -0.188. The quantitative estimate of drug-likeness (QED) is 0.776. The van der Waals surface area contributed by atoms with E-state index in [2.05, 4.69) is 9.97 Å². The van der Waals surface area contributed by atoms with Crippen LogP contribution in [-0.4, -0.2) is 38.5 Å². The predicted octanol–water partition coefficient (Wildman–Crippen LogP) is 0.772. The fourth-order valence-corrected chi connectivity index (χ4v) is 1.19. The molecule has 0 fully saturated rings. The van der Waals surface area contributed by atoms with Gasteiger partial charge in [-0.3, -0.25) is 9.69 Å². The highest BCUT2D eigenvalue weighted by Crippen LogP contribution is 2.03. The second kappa shape index (κ2) is 5.41. The molecular formula is C10H15N3O2. The van der Waals surface area contributed by atoms with Gasteiger partial charge in [0, 0.05) is 18.4 Å². The molecule has 0 bridgehead atoms. The molecular weight excluding hydrogens is 194 g/mol. The topological polar surface area (TPSA) is 66.3 Å². The molecule has 15 heavy (non-hydrogen) atoms. The van der Waals surface area contributed by atoms with Crippen LogP contribution in [0.3, 0.4) is 0 Å². The molecule has 1 aromatic heterocycles. The van der Waals surface area contributed by atoms with Crippen LogP contribution in [0.5, 0.6) is 0 Å². The minimum atomic E-state index is -0.834. The van der Waals surface area contributed by atoms with E-state index in [4.69, 9.17) is 5.11 Å². The van der Waals surface area contributed by atoms with Gasteiger partial charge in [-0.15, -0.1) is 0 Å². The van der Waals surface area contributed by atoms with Crippen LogP contribution < -0.4 is 0 Å². The van der Waals surface area contributed by atoms with Crippen LogP contribution in [0.25, 0.3) is 0 Å². The van der Waals surface area contributed by atoms with Crippen molar-refractivity contribution >= 4 is 5.97 Å². The van der Waals surface area contributed by atoms with E-state index in [1.165, 1.54) is 0 Å². The monoisotopic (exact) mass is 209 g/mol. The van der Waals surface area contributed by atoms with Crippen LogP contribution in [0.15, 0.2) is 18.5 Å². The molecule has 1 aromatic rings. The number of rotatable bonds is 5. The SMILES string of the molecule is CC(C)N(CC(=O)O)Cc1ncccn1. The molecule has 0 saturated carbocycles. The van der Waals surface area contributed by atoms with Gasteiger partial charge in [0.05, 0.1) is 13.1 Å². The first kappa shape index (κ1) is 11.6. The number of carbonyl (C=O) groups is 1. The van der Waals surface area contributed by atoms with E-state index in [-0.39, 0.29) is 12.6 Å². The number of nitrogens with zero attached hydrogens (tertiary/aromatic N) is 3. The highest BCUT2D eigenvalue weighted by molar-refractivity contribution is 5.69. The van der Waals surface area contributed by atoms with E-state index < -0.39 is 5.97 Å². The van der Waals surface area contributed by atoms with E-state index in [0.717, 1.165) is 0 Å². The van der Waals surface area contributed by atoms with E-state index in [0.29, 0.717) is 12.4 Å². The zero-order valence-corrected chi connectivity index (χ0v) is 8.92. The second-order valence-electron chi connectivity index (χ2n) is 3.56. The third kappa shape index (κ3) is 4.03. The molecule has 0 aliphatic heterocycles. The Morgan fingerprint density at radius 2 is 2.07 bits per heavy atom. The summed E-state index contributed by atoms with van der Waals surface area (Å²) in [5.41, 5.74) is 0. The third-order valence-corrected chi connectivity index (χ3v) is 2.03. The summed E-state index contributed by atoms with van der Waals surface area (Å²) in [6.45, 7) is 4.37. The molecule has 1 N–H and O–H groups in total. The number of aliphatic carboxylic acids is 1. The molecule has 1 rings (SSSR count). The summed E-state index contributed by atoms with van der Waals surface area (Å²) in [6, 6.07) is 1.89. The number of carboxylic acids is 1. The lowest BCUT2D eigenvalue weighted by molar-refractivity contribution is -0.139. The molecule has 0 unspecified atom stereocenters. The van der Waals surface area contributed by atoms with Gasteiger partial charge in [0.15, 0.2) is 0 Å². The Bertz CT molecular complexity index is 314. The van der Waals surface area contributed by atoms with Crippen molar-refractivity contribution in [2.45, 2.75) is 26.4 Å². The summed E-state index contributed by atoms with van der Waals surface area (Å²) in [5, 5.41) is 8.73. The molecule has 0 radical (unpaired) electrons. The molecule has 5 nitrogen and oxygen atoms in total. The summed E-state index contributed by atoms with van der Waals surface area (Å²) in [6.07, 6.45) is 3.31. The Labute approximate surface area is 88.8 Å². The zero-order chi connectivity index (χ0) is 11.3. The molecule has 0 aliphatic rings. The second-order valence-corrected chi connectivity index (χ2v) is 3.56. The molecule has 0 spiro atoms. The van der Waals surface area contributed by atoms with Gasteiger partial charge in [-0.2, -0.15) is 0 Å². The maximum Gasteiger partial charge on any atom is 0.317 e. The number of aromatic nitrogens is 2. The van der Waals surface area contributed by atoms with Gasteiger partial charge in [-0.25, -0.2) is 9.97 Å². The van der Waals surface area contributed by atoms with Gasteiger partial charge >= 0.3 is 5.97 Å². The zero-order valence-electron chi connectivity index (χ0n) is 8.92. The average molecular weight is 209 g/mol. The Morgan fingerprint density at radius 1 is 1.47 bits per heavy atom. The maximum absolute atomic E-state index is 10.6. The number of hydrogen-bond donors (Lipinski definition) is 1. The van der Waals surface area contributed by atoms with Crippen molar-refractivity contribution in [1.29, 1.82) is 0 Å². The van der Waals surface area contributed by atoms with Crippen molar-refractivity contribution in [1.82, 2.24) is 14.9 Å². The number of hydrogen-bond acceptors (Lipinski definition) is 4. The van der Waals surface area contributed by atoms with Crippen LogP contribution in [-0.2, 0) is 11.3 Å². The van der Waals surface area contributed by atoms with E-state index in [1.54, 1.807) is 23.4 Å². The van der Waals surface area contributed by atoms with Gasteiger partial charge in [0.25, 0.3) is 0 Å². The van der Waals surface area contributed by atoms with Crippen LogP contribution in [0, 0.1) is 0 Å². The molecule has 0 amide bonds. The van der Waals surface area contributed by atoms with Gasteiger partial charge < -0.3 is 5.11 Å². The average Bonchev–Trinajstić information content (AvgIpc) is 2.17. The third-order valence-electron chi connectivity index (χ3n) is 2.03. The van der Waals surface area contributed by atoms with Crippen molar-refractivity contribution in [3.05, 3.63) is 24.3 Å². The Balaban J connectivity index is 2.63. The van der Waals surface area contributed by atoms with E-state index in [1.807, 2.05) is 13.8 Å². The molecule has 0 saturated heterocycles. The van der Waals surface area contributed by atoms with Crippen LogP contribution in [0.1, 0.15) is 19.7 Å². The Hall–Kier alpha value is -1.49. The summed E-state index contributed by atoms with van der Waals surface area (Å²) < 4.78 is 0. The lowest BCUT2D eigenvalue weighted by Crippen LogP contribution is -2.35. The summed E-state index contributed by atoms with van der Waals surface area (Å²) in [7, 11) is 0. The highest BCUT2D eigenvalue weighted by Gasteiger charge is 2.14. The first-order valence-electron chi connectivity index (χ1n) is 4.81. The first-order valence-corrected chi connectivity index (χ1v) is 4.81. The standard InChI is InChI=1S/C10H15N3O2/c1-8(2)13(7-10(14)15)6-9-11-4-3-5-12-9/h3-5,8H,6-7H2,1-2H3,(H,14,15). The minimum absolute atomic E-state index is 0.00984. The maximum atomic E-state index is 10.6. The predicted molar refractivity (Wildman–Crippen MR) is 55.2 cm³/mol. The van der Waals surface area contributed by atoms with Crippen molar-refractivity contribution < 1.29 is 9.90 Å². The largest absolute Gasteiger partial charge is 0.480 e. The van der Waals surface area contributed by atoms with Crippen molar-refractivity contribution in [3.63, 3.8) is 0 Å². The molecule has 82 valence electrons. The normalized spacial score (nSPS) is 10.9. The molecule has 5 heteroatoms. The summed E-state index contributed by atoms with van der Waals surface area (Å²) in [4.78, 5) is 20.6. The minimum Gasteiger partial charge on any atom is -0.480 e. The van der Waals surface area contributed by atoms with Gasteiger partial charge in [-0.1, -0.05) is 0 Å². The van der Waals surface area contributed by atoms with E-state index in [9.17, 15) is 4.79 Å². The van der Waals surface area contributed by atoms with Crippen LogP contribution in [0.4, 0.5) is 0 Å². The Kier molecular flexibility index (Phi) is 4.17. The van der Waals surface area contributed by atoms with Crippen LogP contribution in [0.2, 0.25) is 0 Å². The van der Waals surface area contributed by atoms with Crippen LogP contribution >= 0.6 is 0 Å². The lowest BCUT2D eigenvalue weighted by atomic mass is 10.3. The summed E-state index contributed by atoms with van der Waals surface area (Å²) >= 11 is 0. The molecule has 0 atom stereocenters. The number of carboxylic acid groups (broad SMARTS) is 1. The van der Waals surface area contributed by atoms with Crippen molar-refractivity contribution in [2.24, 2.45) is 0 Å². The lowest BCUT2D eigenvalue weighted by Gasteiger charge is -2.23. The van der Waals surface area contributed by atoms with Gasteiger partial charge in [0.1, 0.15) is 5.82 Å². The fraction of sp³-hybridized carbons (Fsp3) is 0.500. The van der Waals surface area contributed by atoms with Crippen molar-refractivity contribution in [3.8, 4) is 0 Å². The van der Waals surface area contributed by atoms with Gasteiger partial charge in [0.2, 0.25) is 0 Å². The first-order chi connectivity index (χ1) is 7.09. The molecule has 0 aromatic carbocycles. The van der Waals surface area contributed by atoms with E-state index >= 15 is 0 Å². The fourth-order valence-electron chi connectivity index (χ4n) is 1.19. The molecule has 0 aliphatic carbocycles. The molecule has 1 heterocycles. The highest BCUT2D eigenvalue weighted by atomic mass is 16.4. The smallest absolute Gasteiger partial charge is 0.317 e. The Morgan fingerprint density at radius 3 is 2.53 bits per heavy atom.